The van der Waals surface area contributed by atoms with Crippen molar-refractivity contribution >= 4 is 23.6 Å². The molecular weight excluding hydrogens is 446 g/mol. The van der Waals surface area contributed by atoms with Gasteiger partial charge in [-0.05, 0) is 86.5 Å². The molecule has 0 aromatic heterocycles. The third kappa shape index (κ3) is 4.42. The maximum atomic E-state index is 12.8. The second kappa shape index (κ2) is 9.49. The number of nitroso groups, excluding NO2 is 1. The Hall–Kier alpha value is -2.35. The van der Waals surface area contributed by atoms with Gasteiger partial charge in [0, 0.05) is 11.3 Å². The smallest absolute Gasteiger partial charge is 0.341 e. The number of ether oxygens (including phenoxy) is 1. The van der Waals surface area contributed by atoms with E-state index in [9.17, 15) is 19.6 Å². The van der Waals surface area contributed by atoms with E-state index in [0.717, 1.165) is 38.5 Å². The Kier molecular flexibility index (Phi) is 6.84. The van der Waals surface area contributed by atoms with E-state index in [1.54, 1.807) is 13.0 Å². The van der Waals surface area contributed by atoms with Crippen LogP contribution in [-0.4, -0.2) is 46.7 Å². The summed E-state index contributed by atoms with van der Waals surface area (Å²) in [4.78, 5) is 35.7. The van der Waals surface area contributed by atoms with Crippen molar-refractivity contribution in [3.8, 4) is 5.75 Å². The molecule has 4 rings (SSSR count). The molecule has 3 aliphatic carbocycles. The van der Waals surface area contributed by atoms with Crippen LogP contribution in [0.25, 0.3) is 0 Å². The maximum Gasteiger partial charge on any atom is 0.341 e. The van der Waals surface area contributed by atoms with E-state index in [1.807, 2.05) is 6.07 Å². The van der Waals surface area contributed by atoms with Gasteiger partial charge in [0.15, 0.2) is 0 Å². The molecule has 0 spiro atoms. The van der Waals surface area contributed by atoms with Gasteiger partial charge >= 0.3 is 12.0 Å². The molecule has 0 bridgehead atoms. The zero-order valence-electron chi connectivity index (χ0n) is 19.1. The number of hydrogen-bond donors (Lipinski definition) is 2. The Labute approximate surface area is 198 Å². The molecule has 6 atom stereocenters. The zero-order valence-corrected chi connectivity index (χ0v) is 19.9. The minimum absolute atomic E-state index is 0.0354. The number of phenolic OH excluding ortho intramolecular Hbond substituents is 1. The van der Waals surface area contributed by atoms with Crippen molar-refractivity contribution in [2.75, 3.05) is 12.4 Å². The summed E-state index contributed by atoms with van der Waals surface area (Å²) in [6, 6.07) is 4.12. The minimum Gasteiger partial charge on any atom is -0.508 e. The maximum absolute atomic E-state index is 12.8. The number of aryl methyl sites for hydroxylation is 1. The van der Waals surface area contributed by atoms with Crippen LogP contribution in [0, 0.1) is 22.2 Å². The van der Waals surface area contributed by atoms with Crippen LogP contribution in [0.4, 0.5) is 4.79 Å². The van der Waals surface area contributed by atoms with E-state index in [4.69, 9.17) is 16.3 Å². The van der Waals surface area contributed by atoms with Crippen LogP contribution in [0.5, 0.6) is 5.75 Å². The van der Waals surface area contributed by atoms with Gasteiger partial charge < -0.3 is 15.2 Å². The Balaban J connectivity index is 1.41. The number of alkyl halides is 1. The summed E-state index contributed by atoms with van der Waals surface area (Å²) in [7, 11) is 0. The number of aromatic hydroxyl groups is 1. The lowest BCUT2D eigenvalue weighted by molar-refractivity contribution is -0.159. The summed E-state index contributed by atoms with van der Waals surface area (Å²) < 4.78 is 5.94. The van der Waals surface area contributed by atoms with Gasteiger partial charge in [-0.3, -0.25) is 0 Å². The molecule has 2 saturated carbocycles. The number of carbonyl (C=O) groups excluding carboxylic acids is 2. The number of halogens is 1. The average Bonchev–Trinajstić information content (AvgIpc) is 3.12. The number of esters is 1. The number of rotatable bonds is 6. The fourth-order valence-electron chi connectivity index (χ4n) is 6.53. The van der Waals surface area contributed by atoms with Crippen LogP contribution < -0.4 is 5.32 Å². The molecule has 9 heteroatoms. The molecule has 0 radical (unpaired) electrons. The van der Waals surface area contributed by atoms with Crippen molar-refractivity contribution in [2.24, 2.45) is 22.5 Å². The third-order valence-corrected chi connectivity index (χ3v) is 8.37. The quantitative estimate of drug-likeness (QED) is 0.272. The van der Waals surface area contributed by atoms with Crippen LogP contribution in [0.3, 0.4) is 0 Å². The number of nitrogens with one attached hydrogen (secondary N) is 1. The van der Waals surface area contributed by atoms with Gasteiger partial charge in [-0.15, -0.1) is 16.5 Å². The average molecular weight is 478 g/mol. The first-order valence-electron chi connectivity index (χ1n) is 11.8. The number of urea groups is 1. The molecule has 1 aromatic rings. The second-order valence-electron chi connectivity index (χ2n) is 9.91. The van der Waals surface area contributed by atoms with Crippen molar-refractivity contribution in [3.05, 3.63) is 34.2 Å². The monoisotopic (exact) mass is 477 g/mol. The molecule has 0 saturated heterocycles. The van der Waals surface area contributed by atoms with Crippen LogP contribution in [0.15, 0.2) is 23.5 Å². The second-order valence-corrected chi connectivity index (χ2v) is 10.3. The molecule has 3 aliphatic rings. The van der Waals surface area contributed by atoms with E-state index < -0.39 is 18.0 Å². The normalized spacial score (nSPS) is 30.9. The van der Waals surface area contributed by atoms with Crippen molar-refractivity contribution in [3.63, 3.8) is 0 Å². The summed E-state index contributed by atoms with van der Waals surface area (Å²) in [5.41, 5.74) is 2.54. The van der Waals surface area contributed by atoms with E-state index in [1.165, 1.54) is 11.1 Å². The summed E-state index contributed by atoms with van der Waals surface area (Å²) >= 11 is 5.57. The predicted molar refractivity (Wildman–Crippen MR) is 124 cm³/mol. The number of amides is 2. The van der Waals surface area contributed by atoms with Gasteiger partial charge in [-0.2, -0.15) is 5.01 Å². The minimum atomic E-state index is -0.898. The SMILES string of the molecule is C[C@H](NC(=O)N(CCCl)N=O)C(=O)O[C@H]1CC[C@H]2[C@@H]3CCc4cc(O)ccc4[C@H]3CC[C@]12C. The van der Waals surface area contributed by atoms with Gasteiger partial charge in [-0.1, -0.05) is 13.0 Å². The molecule has 0 aliphatic heterocycles. The number of fused-ring (bicyclic) bond motifs is 5. The van der Waals surface area contributed by atoms with E-state index >= 15 is 0 Å². The molecule has 1 aromatic carbocycles. The first-order valence-corrected chi connectivity index (χ1v) is 12.3. The van der Waals surface area contributed by atoms with E-state index in [-0.39, 0.29) is 23.9 Å². The van der Waals surface area contributed by atoms with E-state index in [0.29, 0.717) is 28.5 Å². The summed E-state index contributed by atoms with van der Waals surface area (Å²) in [5, 5.41) is 15.6. The Morgan fingerprint density at radius 2 is 2.12 bits per heavy atom. The number of nitrogens with zero attached hydrogens (tertiary/aromatic N) is 2. The highest BCUT2D eigenvalue weighted by atomic mass is 35.5. The van der Waals surface area contributed by atoms with Crippen molar-refractivity contribution in [2.45, 2.75) is 70.4 Å². The first kappa shape index (κ1) is 23.8. The van der Waals surface area contributed by atoms with Gasteiger partial charge in [0.2, 0.25) is 0 Å². The molecule has 180 valence electrons. The molecular formula is C24H32ClN3O5. The van der Waals surface area contributed by atoms with E-state index in [2.05, 4.69) is 23.6 Å². The van der Waals surface area contributed by atoms with Gasteiger partial charge in [-0.25, -0.2) is 9.59 Å². The highest BCUT2D eigenvalue weighted by Gasteiger charge is 2.56. The first-order chi connectivity index (χ1) is 15.8. The molecule has 33 heavy (non-hydrogen) atoms. The lowest BCUT2D eigenvalue weighted by Crippen LogP contribution is -2.49. The van der Waals surface area contributed by atoms with Gasteiger partial charge in [0.1, 0.15) is 17.9 Å². The molecule has 2 N–H and O–H groups in total. The molecule has 2 amide bonds. The van der Waals surface area contributed by atoms with Gasteiger partial charge in [0.25, 0.3) is 0 Å². The third-order valence-electron chi connectivity index (χ3n) is 8.20. The lowest BCUT2D eigenvalue weighted by atomic mass is 9.55. The fourth-order valence-corrected chi connectivity index (χ4v) is 6.69. The Morgan fingerprint density at radius 1 is 1.33 bits per heavy atom. The number of benzene rings is 1. The standard InChI is InChI=1S/C24H32ClN3O5/c1-14(26-23(31)28(27-32)12-11-25)22(30)33-21-8-7-20-19-5-3-15-13-16(29)4-6-17(15)18(19)9-10-24(20,21)2/h4,6,13-14,18-21,29H,3,5,7-12H2,1-2H3,(H,26,31)/t14-,18+,19+,20-,21-,24-/m0/s1. The van der Waals surface area contributed by atoms with Crippen LogP contribution >= 0.6 is 11.6 Å². The van der Waals surface area contributed by atoms with Crippen molar-refractivity contribution in [1.82, 2.24) is 10.3 Å². The number of phenols is 1. The van der Waals surface area contributed by atoms with Gasteiger partial charge in [0.05, 0.1) is 11.8 Å². The highest BCUT2D eigenvalue weighted by molar-refractivity contribution is 6.18. The number of carbonyl (C=O) groups is 2. The highest BCUT2D eigenvalue weighted by Crippen LogP contribution is 2.61. The fraction of sp³-hybridized carbons (Fsp3) is 0.667. The van der Waals surface area contributed by atoms with Crippen LogP contribution in [0.1, 0.15) is 63.0 Å². The van der Waals surface area contributed by atoms with Crippen LogP contribution in [0.2, 0.25) is 0 Å². The van der Waals surface area contributed by atoms with Crippen LogP contribution in [-0.2, 0) is 16.0 Å². The number of hydrogen-bond acceptors (Lipinski definition) is 6. The summed E-state index contributed by atoms with van der Waals surface area (Å²) in [5.74, 6) is 1.40. The Bertz CT molecular complexity index is 927. The predicted octanol–water partition coefficient (Wildman–Crippen LogP) is 4.48. The Morgan fingerprint density at radius 3 is 2.85 bits per heavy atom. The van der Waals surface area contributed by atoms with Crippen molar-refractivity contribution < 1.29 is 19.4 Å². The molecule has 0 unspecified atom stereocenters. The topological polar surface area (TPSA) is 108 Å². The molecule has 2 fully saturated rings. The summed E-state index contributed by atoms with van der Waals surface area (Å²) in [6.45, 7) is 3.75. The summed E-state index contributed by atoms with van der Waals surface area (Å²) in [6.07, 6.45) is 5.69. The lowest BCUT2D eigenvalue weighted by Gasteiger charge is -2.50. The zero-order chi connectivity index (χ0) is 23.8. The van der Waals surface area contributed by atoms with Crippen molar-refractivity contribution in [1.29, 1.82) is 0 Å². The largest absolute Gasteiger partial charge is 0.508 e. The molecule has 8 nitrogen and oxygen atoms in total. The molecule has 0 heterocycles.